The number of halogens is 2. The van der Waals surface area contributed by atoms with Crippen LogP contribution in [0.2, 0.25) is 0 Å². The zero-order valence-corrected chi connectivity index (χ0v) is 11.6. The summed E-state index contributed by atoms with van der Waals surface area (Å²) in [6, 6.07) is 6.35. The first kappa shape index (κ1) is 10.4. The van der Waals surface area contributed by atoms with Crippen molar-refractivity contribution >= 4 is 59.9 Å². The Morgan fingerprint density at radius 3 is 2.93 bits per heavy atom. The molecule has 0 aliphatic heterocycles. The maximum Gasteiger partial charge on any atom is 0.101 e. The molecule has 2 rings (SSSR count). The van der Waals surface area contributed by atoms with Gasteiger partial charge < -0.3 is 0 Å². The summed E-state index contributed by atoms with van der Waals surface area (Å²) in [6.07, 6.45) is 0. The van der Waals surface area contributed by atoms with Gasteiger partial charge in [0.15, 0.2) is 0 Å². The van der Waals surface area contributed by atoms with E-state index in [1.54, 1.807) is 11.3 Å². The minimum absolute atomic E-state index is 0.804. The van der Waals surface area contributed by atoms with Gasteiger partial charge in [0.1, 0.15) is 6.07 Å². The predicted octanol–water partition coefficient (Wildman–Crippen LogP) is 4.27. The molecule has 70 valence electrons. The molecule has 0 saturated carbocycles. The van der Waals surface area contributed by atoms with Crippen molar-refractivity contribution in [2.45, 2.75) is 5.33 Å². The number of hydrogen-bond acceptors (Lipinski definition) is 2. The molecule has 0 radical (unpaired) electrons. The van der Waals surface area contributed by atoms with Crippen LogP contribution in [0.3, 0.4) is 0 Å². The average molecular weight is 378 g/mol. The van der Waals surface area contributed by atoms with E-state index in [9.17, 15) is 0 Å². The largest absolute Gasteiger partial charge is 0.192 e. The van der Waals surface area contributed by atoms with Crippen molar-refractivity contribution in [1.29, 1.82) is 5.26 Å². The lowest BCUT2D eigenvalue weighted by Gasteiger charge is -1.99. The van der Waals surface area contributed by atoms with Crippen molar-refractivity contribution in [3.8, 4) is 6.07 Å². The fourth-order valence-corrected chi connectivity index (χ4v) is 3.57. The van der Waals surface area contributed by atoms with Crippen LogP contribution in [0.15, 0.2) is 17.5 Å². The van der Waals surface area contributed by atoms with Crippen molar-refractivity contribution in [1.82, 2.24) is 0 Å². The summed E-state index contributed by atoms with van der Waals surface area (Å²) in [7, 11) is 0. The second-order valence-electron chi connectivity index (χ2n) is 2.80. The Bertz CT molecular complexity index is 527. The number of thiophene rings is 1. The zero-order valence-electron chi connectivity index (χ0n) is 7.05. The molecule has 0 unspecified atom stereocenters. The monoisotopic (exact) mass is 377 g/mol. The Morgan fingerprint density at radius 1 is 1.50 bits per heavy atom. The summed E-state index contributed by atoms with van der Waals surface area (Å²) in [5.41, 5.74) is 2.01. The van der Waals surface area contributed by atoms with Crippen molar-refractivity contribution in [2.24, 2.45) is 0 Å². The third-order valence-electron chi connectivity index (χ3n) is 2.02. The molecule has 0 aliphatic rings. The Morgan fingerprint density at radius 2 is 2.29 bits per heavy atom. The second-order valence-corrected chi connectivity index (χ2v) is 5.44. The third kappa shape index (κ3) is 1.58. The van der Waals surface area contributed by atoms with Crippen LogP contribution >= 0.6 is 49.9 Å². The standard InChI is InChI=1S/C10H5BrINS/c11-3-6-5-14-9-2-1-8(12)7(4-13)10(6)9/h1-2,5H,3H2. The summed E-state index contributed by atoms with van der Waals surface area (Å²) in [4.78, 5) is 0. The van der Waals surface area contributed by atoms with Crippen LogP contribution in [0.1, 0.15) is 11.1 Å². The van der Waals surface area contributed by atoms with Crippen LogP contribution < -0.4 is 0 Å². The summed E-state index contributed by atoms with van der Waals surface area (Å²) < 4.78 is 2.22. The molecule has 0 saturated heterocycles. The minimum Gasteiger partial charge on any atom is -0.192 e. The Balaban J connectivity index is 2.90. The molecule has 1 heterocycles. The lowest BCUT2D eigenvalue weighted by atomic mass is 10.1. The average Bonchev–Trinajstić information content (AvgIpc) is 2.61. The van der Waals surface area contributed by atoms with E-state index in [1.165, 1.54) is 10.3 Å². The molecule has 0 atom stereocenters. The molecule has 4 heteroatoms. The van der Waals surface area contributed by atoms with Crippen LogP contribution in [0, 0.1) is 14.9 Å². The first-order chi connectivity index (χ1) is 6.77. The van der Waals surface area contributed by atoms with E-state index in [0.717, 1.165) is 19.8 Å². The summed E-state index contributed by atoms with van der Waals surface area (Å²) in [6.45, 7) is 0. The second kappa shape index (κ2) is 4.17. The molecule has 1 nitrogen and oxygen atoms in total. The van der Waals surface area contributed by atoms with Gasteiger partial charge in [-0.1, -0.05) is 15.9 Å². The van der Waals surface area contributed by atoms with E-state index in [1.807, 2.05) is 6.07 Å². The Hall–Kier alpha value is -0.120. The molecule has 14 heavy (non-hydrogen) atoms. The number of nitriles is 1. The molecule has 1 aromatic carbocycles. The topological polar surface area (TPSA) is 23.8 Å². The molecular formula is C10H5BrINS. The normalized spacial score (nSPS) is 10.4. The van der Waals surface area contributed by atoms with Gasteiger partial charge in [0.2, 0.25) is 0 Å². The van der Waals surface area contributed by atoms with Crippen LogP contribution in [0.4, 0.5) is 0 Å². The number of benzene rings is 1. The van der Waals surface area contributed by atoms with Gasteiger partial charge in [-0.05, 0) is 45.7 Å². The van der Waals surface area contributed by atoms with E-state index in [2.05, 4.69) is 56.0 Å². The number of nitrogens with zero attached hydrogens (tertiary/aromatic N) is 1. The van der Waals surface area contributed by atoms with E-state index in [0.29, 0.717) is 0 Å². The van der Waals surface area contributed by atoms with Gasteiger partial charge in [-0.2, -0.15) is 5.26 Å². The summed E-state index contributed by atoms with van der Waals surface area (Å²) in [5.74, 6) is 0. The van der Waals surface area contributed by atoms with Gasteiger partial charge in [0.05, 0.1) is 5.56 Å². The van der Waals surface area contributed by atoms with E-state index in [4.69, 9.17) is 5.26 Å². The maximum atomic E-state index is 9.09. The number of hydrogen-bond donors (Lipinski definition) is 0. The van der Waals surface area contributed by atoms with Crippen molar-refractivity contribution in [3.05, 3.63) is 32.2 Å². The minimum atomic E-state index is 0.804. The zero-order chi connectivity index (χ0) is 10.1. The predicted molar refractivity (Wildman–Crippen MR) is 71.9 cm³/mol. The van der Waals surface area contributed by atoms with Gasteiger partial charge in [0.25, 0.3) is 0 Å². The van der Waals surface area contributed by atoms with Crippen molar-refractivity contribution in [2.75, 3.05) is 0 Å². The van der Waals surface area contributed by atoms with Crippen LogP contribution in [0.25, 0.3) is 10.1 Å². The Labute approximate surface area is 108 Å². The Kier molecular flexibility index (Phi) is 3.10. The highest BCUT2D eigenvalue weighted by Crippen LogP contribution is 2.32. The highest BCUT2D eigenvalue weighted by Gasteiger charge is 2.10. The molecular weight excluding hydrogens is 373 g/mol. The fraction of sp³-hybridized carbons (Fsp3) is 0.100. The number of alkyl halides is 1. The SMILES string of the molecule is N#Cc1c(I)ccc2scc(CBr)c12. The third-order valence-corrected chi connectivity index (χ3v) is 4.52. The fourth-order valence-electron chi connectivity index (χ4n) is 1.38. The molecule has 0 fully saturated rings. The van der Waals surface area contributed by atoms with Crippen molar-refractivity contribution < 1.29 is 0 Å². The van der Waals surface area contributed by atoms with Crippen LogP contribution in [-0.2, 0) is 5.33 Å². The molecule has 0 aliphatic carbocycles. The van der Waals surface area contributed by atoms with E-state index in [-0.39, 0.29) is 0 Å². The number of rotatable bonds is 1. The van der Waals surface area contributed by atoms with E-state index < -0.39 is 0 Å². The summed E-state index contributed by atoms with van der Waals surface area (Å²) in [5, 5.41) is 13.1. The van der Waals surface area contributed by atoms with Gasteiger partial charge in [0, 0.05) is 19.0 Å². The molecule has 0 spiro atoms. The lowest BCUT2D eigenvalue weighted by Crippen LogP contribution is -1.84. The number of fused-ring (bicyclic) bond motifs is 1. The molecule has 0 N–H and O–H groups in total. The van der Waals surface area contributed by atoms with Crippen LogP contribution in [0.5, 0.6) is 0 Å². The van der Waals surface area contributed by atoms with Gasteiger partial charge >= 0.3 is 0 Å². The molecule has 2 aromatic rings. The molecule has 1 aromatic heterocycles. The van der Waals surface area contributed by atoms with Gasteiger partial charge in [-0.3, -0.25) is 0 Å². The lowest BCUT2D eigenvalue weighted by molar-refractivity contribution is 1.47. The smallest absolute Gasteiger partial charge is 0.101 e. The summed E-state index contributed by atoms with van der Waals surface area (Å²) >= 11 is 7.34. The van der Waals surface area contributed by atoms with Gasteiger partial charge in [-0.15, -0.1) is 11.3 Å². The maximum absolute atomic E-state index is 9.09. The molecule has 0 amide bonds. The quantitative estimate of drug-likeness (QED) is 0.537. The highest BCUT2D eigenvalue weighted by atomic mass is 127. The van der Waals surface area contributed by atoms with E-state index >= 15 is 0 Å². The van der Waals surface area contributed by atoms with Crippen molar-refractivity contribution in [3.63, 3.8) is 0 Å². The highest BCUT2D eigenvalue weighted by molar-refractivity contribution is 14.1. The molecule has 0 bridgehead atoms. The first-order valence-corrected chi connectivity index (χ1v) is 7.00. The first-order valence-electron chi connectivity index (χ1n) is 3.92. The van der Waals surface area contributed by atoms with Crippen LogP contribution in [-0.4, -0.2) is 0 Å². The van der Waals surface area contributed by atoms with Gasteiger partial charge in [-0.25, -0.2) is 0 Å².